The van der Waals surface area contributed by atoms with Crippen LogP contribution in [0.3, 0.4) is 0 Å². The molecule has 0 fully saturated rings. The summed E-state index contributed by atoms with van der Waals surface area (Å²) in [5.41, 5.74) is -0.683. The lowest BCUT2D eigenvalue weighted by Crippen LogP contribution is -2.33. The quantitative estimate of drug-likeness (QED) is 0.784. The van der Waals surface area contributed by atoms with Crippen molar-refractivity contribution in [3.63, 3.8) is 0 Å². The molecule has 0 spiro atoms. The van der Waals surface area contributed by atoms with Gasteiger partial charge in [0.05, 0.1) is 11.3 Å². The SMILES string of the molecule is Cc1cc(Sc2nc(=O)c(=O)[nH]n2C)c(C(=O)O)c(C)n1. The molecule has 0 saturated carbocycles. The number of hydrogen-bond acceptors (Lipinski definition) is 6. The van der Waals surface area contributed by atoms with Crippen molar-refractivity contribution in [2.45, 2.75) is 23.9 Å². The van der Waals surface area contributed by atoms with Gasteiger partial charge in [-0.2, -0.15) is 4.98 Å². The van der Waals surface area contributed by atoms with Gasteiger partial charge in [-0.1, -0.05) is 0 Å². The fourth-order valence-electron chi connectivity index (χ4n) is 1.78. The first kappa shape index (κ1) is 15.0. The Labute approximate surface area is 122 Å². The summed E-state index contributed by atoms with van der Waals surface area (Å²) in [6, 6.07) is 1.60. The van der Waals surface area contributed by atoms with Gasteiger partial charge in [0, 0.05) is 17.6 Å². The summed E-state index contributed by atoms with van der Waals surface area (Å²) < 4.78 is 1.27. The Bertz CT molecular complexity index is 840. The molecule has 0 unspecified atom stereocenters. The number of H-pyrrole nitrogens is 1. The lowest BCUT2D eigenvalue weighted by Gasteiger charge is -2.10. The summed E-state index contributed by atoms with van der Waals surface area (Å²) >= 11 is 0.981. The zero-order chi connectivity index (χ0) is 15.7. The third kappa shape index (κ3) is 3.02. The van der Waals surface area contributed by atoms with Gasteiger partial charge < -0.3 is 5.11 Å². The molecule has 0 aliphatic rings. The summed E-state index contributed by atoms with van der Waals surface area (Å²) in [6.45, 7) is 3.34. The van der Waals surface area contributed by atoms with Gasteiger partial charge in [0.25, 0.3) is 0 Å². The Balaban J connectivity index is 2.59. The lowest BCUT2D eigenvalue weighted by atomic mass is 10.2. The molecule has 8 nitrogen and oxygen atoms in total. The van der Waals surface area contributed by atoms with Crippen LogP contribution < -0.4 is 11.1 Å². The first-order chi connectivity index (χ1) is 9.79. The molecule has 2 aromatic heterocycles. The predicted octanol–water partition coefficient (Wildman–Crippen LogP) is 0.330. The molecular formula is C12H12N4O4S. The minimum absolute atomic E-state index is 0.0473. The predicted molar refractivity (Wildman–Crippen MR) is 74.9 cm³/mol. The van der Waals surface area contributed by atoms with E-state index in [0.717, 1.165) is 11.8 Å². The molecule has 2 aromatic rings. The van der Waals surface area contributed by atoms with Gasteiger partial charge >= 0.3 is 17.1 Å². The van der Waals surface area contributed by atoms with Gasteiger partial charge in [0.1, 0.15) is 0 Å². The summed E-state index contributed by atoms with van der Waals surface area (Å²) in [6.07, 6.45) is 0. The summed E-state index contributed by atoms with van der Waals surface area (Å²) in [5.74, 6) is -1.11. The average Bonchev–Trinajstić information content (AvgIpc) is 2.34. The molecule has 0 aliphatic heterocycles. The first-order valence-corrected chi connectivity index (χ1v) is 6.68. The second-order valence-electron chi connectivity index (χ2n) is 4.33. The zero-order valence-corrected chi connectivity index (χ0v) is 12.3. The van der Waals surface area contributed by atoms with E-state index in [9.17, 15) is 19.5 Å². The fraction of sp³-hybridized carbons (Fsp3) is 0.250. The largest absolute Gasteiger partial charge is 0.478 e. The molecule has 2 rings (SSSR count). The lowest BCUT2D eigenvalue weighted by molar-refractivity contribution is 0.0691. The van der Waals surface area contributed by atoms with E-state index in [1.54, 1.807) is 19.9 Å². The van der Waals surface area contributed by atoms with Crippen molar-refractivity contribution in [2.24, 2.45) is 7.05 Å². The van der Waals surface area contributed by atoms with Crippen molar-refractivity contribution in [1.29, 1.82) is 0 Å². The second kappa shape index (κ2) is 5.52. The molecule has 110 valence electrons. The van der Waals surface area contributed by atoms with Crippen LogP contribution in [0.4, 0.5) is 0 Å². The van der Waals surface area contributed by atoms with E-state index in [4.69, 9.17) is 0 Å². The number of aromatic nitrogens is 4. The highest BCUT2D eigenvalue weighted by molar-refractivity contribution is 7.99. The number of hydrogen-bond donors (Lipinski definition) is 2. The highest BCUT2D eigenvalue weighted by Gasteiger charge is 2.18. The molecule has 0 aromatic carbocycles. The van der Waals surface area contributed by atoms with Crippen molar-refractivity contribution in [3.05, 3.63) is 43.7 Å². The maximum atomic E-state index is 11.3. The van der Waals surface area contributed by atoms with Gasteiger partial charge in [-0.25, -0.2) is 4.79 Å². The minimum Gasteiger partial charge on any atom is -0.478 e. The van der Waals surface area contributed by atoms with Crippen LogP contribution in [0.2, 0.25) is 0 Å². The topological polar surface area (TPSA) is 118 Å². The van der Waals surface area contributed by atoms with Crippen LogP contribution in [-0.2, 0) is 7.05 Å². The molecule has 2 N–H and O–H groups in total. The average molecular weight is 308 g/mol. The van der Waals surface area contributed by atoms with Gasteiger partial charge in [0.15, 0.2) is 5.16 Å². The molecule has 2 heterocycles. The standard InChI is InChI=1S/C12H12N4O4S/c1-5-4-7(8(11(19)20)6(2)13-5)21-12-14-9(17)10(18)15-16(12)3/h4H,1-3H3,(H,15,18)(H,19,20). The van der Waals surface area contributed by atoms with Crippen LogP contribution in [0, 0.1) is 13.8 Å². The highest BCUT2D eigenvalue weighted by Crippen LogP contribution is 2.29. The molecule has 0 atom stereocenters. The number of pyridine rings is 1. The number of carboxylic acids is 1. The van der Waals surface area contributed by atoms with Crippen LogP contribution >= 0.6 is 11.8 Å². The molecule has 0 bridgehead atoms. The fourth-order valence-corrected chi connectivity index (χ4v) is 2.86. The smallest absolute Gasteiger partial charge is 0.339 e. The van der Waals surface area contributed by atoms with Crippen molar-refractivity contribution in [1.82, 2.24) is 19.7 Å². The van der Waals surface area contributed by atoms with E-state index in [1.165, 1.54) is 11.7 Å². The van der Waals surface area contributed by atoms with Crippen LogP contribution in [0.15, 0.2) is 25.7 Å². The van der Waals surface area contributed by atoms with Crippen molar-refractivity contribution < 1.29 is 9.90 Å². The first-order valence-electron chi connectivity index (χ1n) is 5.86. The molecule has 0 radical (unpaired) electrons. The van der Waals surface area contributed by atoms with E-state index in [-0.39, 0.29) is 10.7 Å². The third-order valence-electron chi connectivity index (χ3n) is 2.65. The Morgan fingerprint density at radius 3 is 2.62 bits per heavy atom. The van der Waals surface area contributed by atoms with E-state index in [2.05, 4.69) is 15.1 Å². The normalized spacial score (nSPS) is 10.6. The van der Waals surface area contributed by atoms with Gasteiger partial charge in [-0.15, -0.1) is 0 Å². The van der Waals surface area contributed by atoms with Crippen LogP contribution in [0.5, 0.6) is 0 Å². The molecule has 0 saturated heterocycles. The van der Waals surface area contributed by atoms with Gasteiger partial charge in [0.2, 0.25) is 0 Å². The maximum absolute atomic E-state index is 11.3. The van der Waals surface area contributed by atoms with Crippen molar-refractivity contribution in [3.8, 4) is 0 Å². The van der Waals surface area contributed by atoms with Crippen molar-refractivity contribution in [2.75, 3.05) is 0 Å². The number of aryl methyl sites for hydroxylation is 3. The Kier molecular flexibility index (Phi) is 3.94. The number of carbonyl (C=O) groups is 1. The summed E-state index contributed by atoms with van der Waals surface area (Å²) in [4.78, 5) is 42.0. The molecule has 0 aliphatic carbocycles. The number of carboxylic acid groups (broad SMARTS) is 1. The number of aromatic carboxylic acids is 1. The van der Waals surface area contributed by atoms with E-state index in [0.29, 0.717) is 16.3 Å². The molecule has 21 heavy (non-hydrogen) atoms. The van der Waals surface area contributed by atoms with E-state index < -0.39 is 17.1 Å². The molecule has 0 amide bonds. The van der Waals surface area contributed by atoms with Crippen molar-refractivity contribution >= 4 is 17.7 Å². The summed E-state index contributed by atoms with van der Waals surface area (Å²) in [5, 5.41) is 11.8. The number of nitrogens with zero attached hydrogens (tertiary/aromatic N) is 3. The van der Waals surface area contributed by atoms with E-state index >= 15 is 0 Å². The second-order valence-corrected chi connectivity index (χ2v) is 5.34. The van der Waals surface area contributed by atoms with E-state index in [1.807, 2.05) is 0 Å². The van der Waals surface area contributed by atoms with Crippen LogP contribution in [0.1, 0.15) is 21.7 Å². The minimum atomic E-state index is -1.11. The Hall–Kier alpha value is -2.42. The highest BCUT2D eigenvalue weighted by atomic mass is 32.2. The Morgan fingerprint density at radius 2 is 2.00 bits per heavy atom. The molecular weight excluding hydrogens is 296 g/mol. The van der Waals surface area contributed by atoms with Gasteiger partial charge in [-0.05, 0) is 31.7 Å². The monoisotopic (exact) mass is 308 g/mol. The van der Waals surface area contributed by atoms with Crippen LogP contribution in [0.25, 0.3) is 0 Å². The third-order valence-corrected chi connectivity index (χ3v) is 3.74. The maximum Gasteiger partial charge on any atom is 0.339 e. The van der Waals surface area contributed by atoms with Gasteiger partial charge in [-0.3, -0.25) is 24.4 Å². The number of nitrogens with one attached hydrogen (secondary N) is 1. The Morgan fingerprint density at radius 1 is 1.33 bits per heavy atom. The molecule has 9 heteroatoms. The summed E-state index contributed by atoms with van der Waals surface area (Å²) in [7, 11) is 1.51. The zero-order valence-electron chi connectivity index (χ0n) is 11.5. The number of aromatic amines is 1. The van der Waals surface area contributed by atoms with Crippen LogP contribution in [-0.4, -0.2) is 30.8 Å². The number of rotatable bonds is 3.